The van der Waals surface area contributed by atoms with Crippen LogP contribution >= 0.6 is 0 Å². The van der Waals surface area contributed by atoms with Crippen molar-refractivity contribution in [3.8, 4) is 0 Å². The molecule has 0 spiro atoms. The summed E-state index contributed by atoms with van der Waals surface area (Å²) >= 11 is 0. The van der Waals surface area contributed by atoms with E-state index >= 15 is 0 Å². The zero-order chi connectivity index (χ0) is 21.1. The van der Waals surface area contributed by atoms with Gasteiger partial charge in [-0.2, -0.15) is 0 Å². The van der Waals surface area contributed by atoms with Crippen molar-refractivity contribution in [2.75, 3.05) is 54.5 Å². The van der Waals surface area contributed by atoms with E-state index in [0.29, 0.717) is 38.4 Å². The quantitative estimate of drug-likeness (QED) is 0.723. The Bertz CT molecular complexity index is 973. The van der Waals surface area contributed by atoms with Crippen molar-refractivity contribution in [2.24, 2.45) is 5.73 Å². The van der Waals surface area contributed by atoms with E-state index in [2.05, 4.69) is 21.7 Å². The minimum absolute atomic E-state index is 0.252. The van der Waals surface area contributed by atoms with Gasteiger partial charge < -0.3 is 30.3 Å². The van der Waals surface area contributed by atoms with Crippen molar-refractivity contribution in [3.63, 3.8) is 0 Å². The standard InChI is InChI=1S/C21H25N5O4/c1-2-19(27)23-15-3-4-17-14(11-15)12-18(25-7-9-29-10-8-25)24-20(17)26-6-5-16(13-26)30-21(22)28/h2-4,11-12,16H,1,5-10,13H2,(H2,22,28)(H,23,27). The first kappa shape index (κ1) is 20.0. The minimum Gasteiger partial charge on any atom is -0.444 e. The molecular formula is C21H25N5O4. The summed E-state index contributed by atoms with van der Waals surface area (Å²) in [5.41, 5.74) is 5.87. The molecule has 3 N–H and O–H groups in total. The van der Waals surface area contributed by atoms with Crippen LogP contribution in [0.25, 0.3) is 10.8 Å². The number of pyridine rings is 1. The summed E-state index contributed by atoms with van der Waals surface area (Å²) in [5, 5.41) is 4.73. The molecule has 2 aliphatic rings. The smallest absolute Gasteiger partial charge is 0.404 e. The van der Waals surface area contributed by atoms with Crippen LogP contribution in [0.1, 0.15) is 6.42 Å². The lowest BCUT2D eigenvalue weighted by molar-refractivity contribution is -0.111. The Kier molecular flexibility index (Phi) is 5.71. The molecule has 1 unspecified atom stereocenters. The second-order valence-electron chi connectivity index (χ2n) is 7.33. The Labute approximate surface area is 174 Å². The van der Waals surface area contributed by atoms with Gasteiger partial charge in [0.15, 0.2) is 0 Å². The molecule has 0 saturated carbocycles. The first-order valence-electron chi connectivity index (χ1n) is 9.95. The van der Waals surface area contributed by atoms with E-state index in [-0.39, 0.29) is 12.0 Å². The third-order valence-electron chi connectivity index (χ3n) is 5.31. The molecule has 2 saturated heterocycles. The lowest BCUT2D eigenvalue weighted by Gasteiger charge is -2.29. The lowest BCUT2D eigenvalue weighted by Crippen LogP contribution is -2.37. The number of aromatic nitrogens is 1. The van der Waals surface area contributed by atoms with Crippen LogP contribution in [0.5, 0.6) is 0 Å². The number of primary amides is 1. The maximum Gasteiger partial charge on any atom is 0.404 e. The van der Waals surface area contributed by atoms with Crippen molar-refractivity contribution in [2.45, 2.75) is 12.5 Å². The molecule has 2 aromatic rings. The Morgan fingerprint density at radius 1 is 1.23 bits per heavy atom. The highest BCUT2D eigenvalue weighted by atomic mass is 16.6. The van der Waals surface area contributed by atoms with Gasteiger partial charge in [0.25, 0.3) is 0 Å². The largest absolute Gasteiger partial charge is 0.444 e. The fourth-order valence-corrected chi connectivity index (χ4v) is 3.87. The summed E-state index contributed by atoms with van der Waals surface area (Å²) in [6.45, 7) is 7.58. The molecule has 0 aliphatic carbocycles. The zero-order valence-electron chi connectivity index (χ0n) is 16.7. The molecule has 4 rings (SSSR count). The van der Waals surface area contributed by atoms with E-state index in [0.717, 1.165) is 35.5 Å². The number of hydrogen-bond acceptors (Lipinski definition) is 7. The normalized spacial score (nSPS) is 19.0. The fourth-order valence-electron chi connectivity index (χ4n) is 3.87. The summed E-state index contributed by atoms with van der Waals surface area (Å²) in [6.07, 6.45) is 0.924. The minimum atomic E-state index is -0.760. The average molecular weight is 411 g/mol. The molecule has 2 aliphatic heterocycles. The number of nitrogens with two attached hydrogens (primary N) is 1. The molecule has 158 valence electrons. The molecule has 9 heteroatoms. The SMILES string of the molecule is C=CC(=O)Nc1ccc2c(N3CCC(OC(N)=O)C3)nc(N3CCOCC3)cc2c1. The highest BCUT2D eigenvalue weighted by Gasteiger charge is 2.28. The van der Waals surface area contributed by atoms with Gasteiger partial charge in [0, 0.05) is 37.1 Å². The highest BCUT2D eigenvalue weighted by molar-refractivity contribution is 6.02. The fraction of sp³-hybridized carbons (Fsp3) is 0.381. The van der Waals surface area contributed by atoms with Crippen molar-refractivity contribution in [1.29, 1.82) is 0 Å². The Balaban J connectivity index is 1.72. The van der Waals surface area contributed by atoms with Crippen LogP contribution in [-0.4, -0.2) is 62.5 Å². The Morgan fingerprint density at radius 3 is 2.77 bits per heavy atom. The van der Waals surface area contributed by atoms with Crippen LogP contribution in [0.3, 0.4) is 0 Å². The molecule has 0 bridgehead atoms. The van der Waals surface area contributed by atoms with Gasteiger partial charge in [-0.1, -0.05) is 6.58 Å². The number of fused-ring (bicyclic) bond motifs is 1. The van der Waals surface area contributed by atoms with Gasteiger partial charge in [0.05, 0.1) is 19.8 Å². The Morgan fingerprint density at radius 2 is 2.03 bits per heavy atom. The summed E-state index contributed by atoms with van der Waals surface area (Å²) in [7, 11) is 0. The molecule has 0 radical (unpaired) electrons. The zero-order valence-corrected chi connectivity index (χ0v) is 16.7. The van der Waals surface area contributed by atoms with Gasteiger partial charge in [0.2, 0.25) is 5.91 Å². The lowest BCUT2D eigenvalue weighted by atomic mass is 10.1. The van der Waals surface area contributed by atoms with Gasteiger partial charge in [0.1, 0.15) is 17.7 Å². The molecule has 2 amide bonds. The average Bonchev–Trinajstić information content (AvgIpc) is 3.20. The number of ether oxygens (including phenoxy) is 2. The van der Waals surface area contributed by atoms with Crippen LogP contribution in [0, 0.1) is 0 Å². The molecule has 1 aromatic carbocycles. The maximum absolute atomic E-state index is 11.7. The summed E-state index contributed by atoms with van der Waals surface area (Å²) in [4.78, 5) is 32.1. The number of benzene rings is 1. The monoisotopic (exact) mass is 411 g/mol. The predicted molar refractivity (Wildman–Crippen MR) is 115 cm³/mol. The maximum atomic E-state index is 11.7. The van der Waals surface area contributed by atoms with Crippen molar-refractivity contribution in [3.05, 3.63) is 36.9 Å². The van der Waals surface area contributed by atoms with E-state index in [9.17, 15) is 9.59 Å². The highest BCUT2D eigenvalue weighted by Crippen LogP contribution is 2.33. The summed E-state index contributed by atoms with van der Waals surface area (Å²) in [6, 6.07) is 7.75. The summed E-state index contributed by atoms with van der Waals surface area (Å²) < 4.78 is 10.7. The van der Waals surface area contributed by atoms with E-state index in [1.54, 1.807) is 0 Å². The molecule has 30 heavy (non-hydrogen) atoms. The number of rotatable bonds is 5. The van der Waals surface area contributed by atoms with Crippen molar-refractivity contribution < 1.29 is 19.1 Å². The number of morpholine rings is 1. The van der Waals surface area contributed by atoms with Gasteiger partial charge in [-0.15, -0.1) is 0 Å². The van der Waals surface area contributed by atoms with E-state index in [4.69, 9.17) is 20.2 Å². The number of nitrogens with one attached hydrogen (secondary N) is 1. The van der Waals surface area contributed by atoms with Gasteiger partial charge >= 0.3 is 6.09 Å². The van der Waals surface area contributed by atoms with Gasteiger partial charge in [-0.3, -0.25) is 4.79 Å². The van der Waals surface area contributed by atoms with E-state index in [1.807, 2.05) is 24.3 Å². The predicted octanol–water partition coefficient (Wildman–Crippen LogP) is 1.87. The molecule has 1 atom stereocenters. The summed E-state index contributed by atoms with van der Waals surface area (Å²) in [5.74, 6) is 1.42. The number of carbonyl (C=O) groups is 2. The third-order valence-corrected chi connectivity index (χ3v) is 5.31. The van der Waals surface area contributed by atoms with Gasteiger partial charge in [-0.25, -0.2) is 9.78 Å². The third kappa shape index (κ3) is 4.30. The van der Waals surface area contributed by atoms with Crippen LogP contribution < -0.4 is 20.9 Å². The molecular weight excluding hydrogens is 386 g/mol. The molecule has 2 fully saturated rings. The number of carbonyl (C=O) groups excluding carboxylic acids is 2. The first-order valence-corrected chi connectivity index (χ1v) is 9.95. The Hall–Kier alpha value is -3.33. The molecule has 1 aromatic heterocycles. The van der Waals surface area contributed by atoms with Crippen LogP contribution in [-0.2, 0) is 14.3 Å². The topological polar surface area (TPSA) is 110 Å². The van der Waals surface area contributed by atoms with Crippen molar-refractivity contribution >= 4 is 40.1 Å². The van der Waals surface area contributed by atoms with E-state index < -0.39 is 6.09 Å². The van der Waals surface area contributed by atoms with Gasteiger partial charge in [-0.05, 0) is 35.7 Å². The van der Waals surface area contributed by atoms with Crippen LogP contribution in [0.15, 0.2) is 36.9 Å². The number of nitrogens with zero attached hydrogens (tertiary/aromatic N) is 3. The van der Waals surface area contributed by atoms with Crippen LogP contribution in [0.4, 0.5) is 22.1 Å². The number of anilines is 3. The first-order chi connectivity index (χ1) is 14.5. The second kappa shape index (κ2) is 8.58. The van der Waals surface area contributed by atoms with Crippen LogP contribution in [0.2, 0.25) is 0 Å². The van der Waals surface area contributed by atoms with E-state index in [1.165, 1.54) is 6.08 Å². The number of amides is 2. The second-order valence-corrected chi connectivity index (χ2v) is 7.33. The molecule has 3 heterocycles. The molecule has 9 nitrogen and oxygen atoms in total. The number of hydrogen-bond donors (Lipinski definition) is 2. The van der Waals surface area contributed by atoms with Crippen molar-refractivity contribution in [1.82, 2.24) is 4.98 Å².